The number of hydrogen-bond acceptors (Lipinski definition) is 1. The second-order valence-electron chi connectivity index (χ2n) is 9.19. The molecule has 4 aromatic carbocycles. The summed E-state index contributed by atoms with van der Waals surface area (Å²) in [4.78, 5) is 0. The molecule has 0 bridgehead atoms. The van der Waals surface area contributed by atoms with E-state index in [-0.39, 0.29) is 5.41 Å². The summed E-state index contributed by atoms with van der Waals surface area (Å²) in [6.45, 7) is 4.40. The molecule has 4 aromatic rings. The molecule has 0 aliphatic heterocycles. The summed E-state index contributed by atoms with van der Waals surface area (Å²) >= 11 is 3.52. The van der Waals surface area contributed by atoms with E-state index in [0.717, 1.165) is 15.6 Å². The number of hydrogen-bond donors (Lipinski definition) is 1. The molecule has 0 heterocycles. The SMILES string of the molecule is CC(C)(C=C(c1ccccc1)c1ccccc1)CC(O)(c1ccccc1)c1ccc(Br)cc1. The van der Waals surface area contributed by atoms with E-state index in [2.05, 4.69) is 84.4 Å². The molecule has 0 amide bonds. The van der Waals surface area contributed by atoms with Crippen LogP contribution in [-0.4, -0.2) is 5.11 Å². The van der Waals surface area contributed by atoms with Crippen LogP contribution in [0.4, 0.5) is 0 Å². The average Bonchev–Trinajstić information content (AvgIpc) is 2.84. The van der Waals surface area contributed by atoms with E-state index >= 15 is 0 Å². The standard InChI is InChI=1S/C31H29BrO/c1-30(2,22-29(24-12-6-3-7-13-24)25-14-8-4-9-15-25)23-31(33,26-16-10-5-11-17-26)27-18-20-28(32)21-19-27/h3-22,33H,23H2,1-2H3. The van der Waals surface area contributed by atoms with Crippen LogP contribution in [0.3, 0.4) is 0 Å². The normalized spacial score (nSPS) is 13.2. The molecule has 0 saturated heterocycles. The minimum absolute atomic E-state index is 0.307. The molecule has 0 aliphatic rings. The van der Waals surface area contributed by atoms with E-state index in [0.29, 0.717) is 6.42 Å². The maximum absolute atomic E-state index is 12.2. The van der Waals surface area contributed by atoms with Crippen molar-refractivity contribution < 1.29 is 5.11 Å². The lowest BCUT2D eigenvalue weighted by Gasteiger charge is -2.36. The third kappa shape index (κ3) is 5.52. The van der Waals surface area contributed by atoms with Crippen molar-refractivity contribution in [3.8, 4) is 0 Å². The summed E-state index contributed by atoms with van der Waals surface area (Å²) in [6, 6.07) is 38.9. The van der Waals surface area contributed by atoms with Crippen LogP contribution in [0.25, 0.3) is 5.57 Å². The predicted molar refractivity (Wildman–Crippen MR) is 142 cm³/mol. The van der Waals surface area contributed by atoms with Crippen LogP contribution < -0.4 is 0 Å². The molecule has 33 heavy (non-hydrogen) atoms. The Bertz CT molecular complexity index is 1150. The van der Waals surface area contributed by atoms with Crippen molar-refractivity contribution >= 4 is 21.5 Å². The Hall–Kier alpha value is -2.94. The highest BCUT2D eigenvalue weighted by molar-refractivity contribution is 9.10. The Kier molecular flexibility index (Phi) is 6.97. The summed E-state index contributed by atoms with van der Waals surface area (Å²) in [5.41, 5.74) is 3.87. The molecule has 1 unspecified atom stereocenters. The van der Waals surface area contributed by atoms with Gasteiger partial charge in [0.25, 0.3) is 0 Å². The van der Waals surface area contributed by atoms with Gasteiger partial charge in [-0.1, -0.05) is 139 Å². The second kappa shape index (κ2) is 9.91. The van der Waals surface area contributed by atoms with Crippen molar-refractivity contribution in [2.24, 2.45) is 5.41 Å². The first-order chi connectivity index (χ1) is 15.9. The first kappa shape index (κ1) is 23.2. The molecule has 2 heteroatoms. The summed E-state index contributed by atoms with van der Waals surface area (Å²) in [6.07, 6.45) is 2.85. The van der Waals surface area contributed by atoms with E-state index in [1.807, 2.05) is 66.7 Å². The van der Waals surface area contributed by atoms with Gasteiger partial charge in [-0.3, -0.25) is 0 Å². The van der Waals surface area contributed by atoms with Crippen LogP contribution >= 0.6 is 15.9 Å². The van der Waals surface area contributed by atoms with Gasteiger partial charge >= 0.3 is 0 Å². The average molecular weight is 497 g/mol. The highest BCUT2D eigenvalue weighted by atomic mass is 79.9. The van der Waals surface area contributed by atoms with Crippen molar-refractivity contribution in [2.75, 3.05) is 0 Å². The van der Waals surface area contributed by atoms with Crippen LogP contribution in [0.15, 0.2) is 126 Å². The zero-order valence-electron chi connectivity index (χ0n) is 19.1. The summed E-state index contributed by atoms with van der Waals surface area (Å²) in [7, 11) is 0. The number of allylic oxidation sites excluding steroid dienone is 1. The van der Waals surface area contributed by atoms with Crippen LogP contribution in [0.5, 0.6) is 0 Å². The minimum Gasteiger partial charge on any atom is -0.380 e. The molecule has 1 nitrogen and oxygen atoms in total. The maximum atomic E-state index is 12.2. The summed E-state index contributed by atoms with van der Waals surface area (Å²) < 4.78 is 0.997. The lowest BCUT2D eigenvalue weighted by molar-refractivity contribution is 0.0432. The van der Waals surface area contributed by atoms with E-state index in [9.17, 15) is 5.11 Å². The summed E-state index contributed by atoms with van der Waals surface area (Å²) in [5, 5.41) is 12.2. The molecule has 4 rings (SSSR count). The van der Waals surface area contributed by atoms with Crippen molar-refractivity contribution in [1.29, 1.82) is 0 Å². The fraction of sp³-hybridized carbons (Fsp3) is 0.161. The van der Waals surface area contributed by atoms with Crippen molar-refractivity contribution in [3.63, 3.8) is 0 Å². The van der Waals surface area contributed by atoms with Crippen LogP contribution in [0, 0.1) is 5.41 Å². The molecular weight excluding hydrogens is 468 g/mol. The maximum Gasteiger partial charge on any atom is 0.115 e. The molecule has 0 saturated carbocycles. The topological polar surface area (TPSA) is 20.2 Å². The van der Waals surface area contributed by atoms with Gasteiger partial charge in [0.05, 0.1) is 0 Å². The molecule has 0 aliphatic carbocycles. The molecule has 1 N–H and O–H groups in total. The summed E-state index contributed by atoms with van der Waals surface area (Å²) in [5.74, 6) is 0. The van der Waals surface area contributed by atoms with Gasteiger partial charge in [0.1, 0.15) is 5.60 Å². The fourth-order valence-electron chi connectivity index (χ4n) is 4.48. The third-order valence-electron chi connectivity index (χ3n) is 5.99. The van der Waals surface area contributed by atoms with Gasteiger partial charge < -0.3 is 5.11 Å². The third-order valence-corrected chi connectivity index (χ3v) is 6.52. The highest BCUT2D eigenvalue weighted by Gasteiger charge is 2.37. The van der Waals surface area contributed by atoms with Gasteiger partial charge in [0, 0.05) is 4.47 Å². The molecule has 0 spiro atoms. The van der Waals surface area contributed by atoms with Gasteiger partial charge in [-0.15, -0.1) is 0 Å². The largest absolute Gasteiger partial charge is 0.380 e. The number of benzene rings is 4. The van der Waals surface area contributed by atoms with Gasteiger partial charge in [-0.25, -0.2) is 0 Å². The second-order valence-corrected chi connectivity index (χ2v) is 10.1. The van der Waals surface area contributed by atoms with Crippen LogP contribution in [0.2, 0.25) is 0 Å². The van der Waals surface area contributed by atoms with E-state index in [1.54, 1.807) is 0 Å². The fourth-order valence-corrected chi connectivity index (χ4v) is 4.74. The smallest absolute Gasteiger partial charge is 0.115 e. The van der Waals surface area contributed by atoms with Gasteiger partial charge in [0.15, 0.2) is 0 Å². The van der Waals surface area contributed by atoms with E-state index in [4.69, 9.17) is 0 Å². The quantitative estimate of drug-likeness (QED) is 0.273. The Balaban J connectivity index is 1.80. The van der Waals surface area contributed by atoms with Crippen molar-refractivity contribution in [2.45, 2.75) is 25.9 Å². The number of halogens is 1. The Morgan fingerprint density at radius 1 is 0.667 bits per heavy atom. The number of aliphatic hydroxyl groups is 1. The molecular formula is C31H29BrO. The monoisotopic (exact) mass is 496 g/mol. The Labute approximate surface area is 205 Å². The van der Waals surface area contributed by atoms with Crippen LogP contribution in [-0.2, 0) is 5.60 Å². The molecule has 0 aromatic heterocycles. The highest BCUT2D eigenvalue weighted by Crippen LogP contribution is 2.43. The first-order valence-electron chi connectivity index (χ1n) is 11.3. The van der Waals surface area contributed by atoms with E-state index in [1.165, 1.54) is 16.7 Å². The van der Waals surface area contributed by atoms with Gasteiger partial charge in [0.2, 0.25) is 0 Å². The van der Waals surface area contributed by atoms with Gasteiger partial charge in [-0.2, -0.15) is 0 Å². The Morgan fingerprint density at radius 2 is 1.09 bits per heavy atom. The zero-order valence-corrected chi connectivity index (χ0v) is 20.7. The van der Waals surface area contributed by atoms with Crippen molar-refractivity contribution in [3.05, 3.63) is 148 Å². The molecule has 166 valence electrons. The first-order valence-corrected chi connectivity index (χ1v) is 12.0. The zero-order chi connectivity index (χ0) is 23.3. The van der Waals surface area contributed by atoms with Crippen LogP contribution in [0.1, 0.15) is 42.5 Å². The minimum atomic E-state index is -1.12. The van der Waals surface area contributed by atoms with Gasteiger partial charge in [-0.05, 0) is 51.8 Å². The Morgan fingerprint density at radius 3 is 1.58 bits per heavy atom. The molecule has 0 fully saturated rings. The van der Waals surface area contributed by atoms with E-state index < -0.39 is 5.60 Å². The molecule has 0 radical (unpaired) electrons. The van der Waals surface area contributed by atoms with Crippen molar-refractivity contribution in [1.82, 2.24) is 0 Å². The lowest BCUT2D eigenvalue weighted by Crippen LogP contribution is -2.33. The predicted octanol–water partition coefficient (Wildman–Crippen LogP) is 8.23. The number of rotatable bonds is 7. The lowest BCUT2D eigenvalue weighted by atomic mass is 9.72. The molecule has 1 atom stereocenters.